The molecule has 0 radical (unpaired) electrons. The molecule has 6 N–H and O–H groups in total. The van der Waals surface area contributed by atoms with Gasteiger partial charge in [-0.05, 0) is 19.3 Å². The predicted octanol–water partition coefficient (Wildman–Crippen LogP) is 10.4. The molecule has 3 amide bonds. The maximum Gasteiger partial charge on any atom is 0.221 e. The standard InChI is InChI=1S/C51H105N7O3/c1-4-7-10-13-16-19-22-25-28-31-38-54-49(59)34-43-57(44-35-50(60)55-39-32-29-26-23-20-17-14-11-8-5-2)47-48-58(46-42-53-41-37-52)45-36-51(61)56-40-33-30-27-24-21-18-15-12-9-6-3/h53H,4-48,52H2,1-3H3,(H,54,59)(H,55,60)(H,56,61). The van der Waals surface area contributed by atoms with E-state index in [1.165, 1.54) is 173 Å². The van der Waals surface area contributed by atoms with Crippen molar-refractivity contribution in [2.75, 3.05) is 78.5 Å². The van der Waals surface area contributed by atoms with Gasteiger partial charge in [-0.25, -0.2) is 0 Å². The highest BCUT2D eigenvalue weighted by molar-refractivity contribution is 5.77. The van der Waals surface area contributed by atoms with Crippen molar-refractivity contribution in [3.8, 4) is 0 Å². The Hall–Kier alpha value is -1.75. The van der Waals surface area contributed by atoms with E-state index in [1.54, 1.807) is 0 Å². The second kappa shape index (κ2) is 49.3. The van der Waals surface area contributed by atoms with Gasteiger partial charge in [0, 0.05) is 97.8 Å². The fourth-order valence-electron chi connectivity index (χ4n) is 7.98. The lowest BCUT2D eigenvalue weighted by atomic mass is 10.1. The van der Waals surface area contributed by atoms with Gasteiger partial charge in [0.15, 0.2) is 0 Å². The third-order valence-corrected chi connectivity index (χ3v) is 12.2. The zero-order valence-corrected chi connectivity index (χ0v) is 41.0. The first-order valence-electron chi connectivity index (χ1n) is 26.6. The van der Waals surface area contributed by atoms with E-state index in [-0.39, 0.29) is 17.7 Å². The molecule has 0 saturated heterocycles. The summed E-state index contributed by atoms with van der Waals surface area (Å²) in [5, 5.41) is 12.9. The molecule has 0 rings (SSSR count). The Bertz CT molecular complexity index is 898. The molecule has 0 aromatic rings. The summed E-state index contributed by atoms with van der Waals surface area (Å²) in [5.41, 5.74) is 5.73. The summed E-state index contributed by atoms with van der Waals surface area (Å²) < 4.78 is 0. The number of carbonyl (C=O) groups excluding carboxylic acids is 3. The highest BCUT2D eigenvalue weighted by Crippen LogP contribution is 2.13. The second-order valence-corrected chi connectivity index (χ2v) is 18.1. The average Bonchev–Trinajstić information content (AvgIpc) is 3.26. The van der Waals surface area contributed by atoms with E-state index in [2.05, 4.69) is 51.8 Å². The van der Waals surface area contributed by atoms with Crippen LogP contribution in [0.4, 0.5) is 0 Å². The number of carbonyl (C=O) groups is 3. The Morgan fingerprint density at radius 2 is 0.590 bits per heavy atom. The van der Waals surface area contributed by atoms with E-state index in [4.69, 9.17) is 5.73 Å². The molecule has 0 aromatic carbocycles. The summed E-state index contributed by atoms with van der Waals surface area (Å²) in [4.78, 5) is 43.3. The monoisotopic (exact) mass is 864 g/mol. The molecule has 0 aliphatic carbocycles. The van der Waals surface area contributed by atoms with Crippen LogP contribution in [0.3, 0.4) is 0 Å². The highest BCUT2D eigenvalue weighted by Gasteiger charge is 2.15. The van der Waals surface area contributed by atoms with Crippen molar-refractivity contribution in [1.29, 1.82) is 0 Å². The van der Waals surface area contributed by atoms with E-state index in [9.17, 15) is 14.4 Å². The molecule has 0 atom stereocenters. The van der Waals surface area contributed by atoms with Gasteiger partial charge in [0.25, 0.3) is 0 Å². The van der Waals surface area contributed by atoms with Crippen LogP contribution in [0.25, 0.3) is 0 Å². The lowest BCUT2D eigenvalue weighted by molar-refractivity contribution is -0.122. The lowest BCUT2D eigenvalue weighted by Crippen LogP contribution is -2.42. The normalized spacial score (nSPS) is 11.5. The first kappa shape index (κ1) is 59.2. The zero-order chi connectivity index (χ0) is 44.5. The Labute approximate surface area is 379 Å². The quantitative estimate of drug-likeness (QED) is 0.0385. The largest absolute Gasteiger partial charge is 0.356 e. The van der Waals surface area contributed by atoms with Gasteiger partial charge in [0.2, 0.25) is 17.7 Å². The van der Waals surface area contributed by atoms with E-state index in [0.29, 0.717) is 45.4 Å². The molecule has 0 bridgehead atoms. The molecular formula is C51H105N7O3. The van der Waals surface area contributed by atoms with Crippen molar-refractivity contribution in [2.45, 2.75) is 233 Å². The topological polar surface area (TPSA) is 132 Å². The first-order valence-corrected chi connectivity index (χ1v) is 26.6. The van der Waals surface area contributed by atoms with Crippen molar-refractivity contribution in [3.05, 3.63) is 0 Å². The third-order valence-electron chi connectivity index (χ3n) is 12.2. The lowest BCUT2D eigenvalue weighted by Gasteiger charge is -2.28. The molecule has 0 aliphatic heterocycles. The summed E-state index contributed by atoms with van der Waals surface area (Å²) in [7, 11) is 0. The van der Waals surface area contributed by atoms with Gasteiger partial charge in [0.05, 0.1) is 0 Å². The fourth-order valence-corrected chi connectivity index (χ4v) is 7.98. The Balaban J connectivity index is 4.84. The van der Waals surface area contributed by atoms with Crippen LogP contribution in [0.2, 0.25) is 0 Å². The molecule has 362 valence electrons. The molecule has 0 fully saturated rings. The van der Waals surface area contributed by atoms with Crippen molar-refractivity contribution >= 4 is 17.7 Å². The number of nitrogens with two attached hydrogens (primary N) is 1. The minimum absolute atomic E-state index is 0.0910. The van der Waals surface area contributed by atoms with Gasteiger partial charge in [-0.1, -0.05) is 194 Å². The van der Waals surface area contributed by atoms with Gasteiger partial charge in [-0.2, -0.15) is 0 Å². The summed E-state index contributed by atoms with van der Waals surface area (Å²) >= 11 is 0. The molecular weight excluding hydrogens is 759 g/mol. The Morgan fingerprint density at radius 3 is 0.869 bits per heavy atom. The van der Waals surface area contributed by atoms with Crippen LogP contribution in [0.1, 0.15) is 233 Å². The molecule has 0 spiro atoms. The minimum atomic E-state index is 0.0910. The summed E-state index contributed by atoms with van der Waals surface area (Å²) in [5.74, 6) is 0.298. The maximum atomic E-state index is 12.9. The first-order chi connectivity index (χ1) is 30.0. The smallest absolute Gasteiger partial charge is 0.221 e. The van der Waals surface area contributed by atoms with Crippen LogP contribution in [0.15, 0.2) is 0 Å². The number of hydrogen-bond donors (Lipinski definition) is 5. The molecule has 0 aliphatic rings. The molecule has 0 aromatic heterocycles. The van der Waals surface area contributed by atoms with E-state index < -0.39 is 0 Å². The van der Waals surface area contributed by atoms with Crippen LogP contribution in [-0.2, 0) is 14.4 Å². The molecule has 0 heterocycles. The Kier molecular flexibility index (Phi) is 47.9. The van der Waals surface area contributed by atoms with Gasteiger partial charge in [0.1, 0.15) is 0 Å². The average molecular weight is 864 g/mol. The second-order valence-electron chi connectivity index (χ2n) is 18.1. The van der Waals surface area contributed by atoms with Crippen molar-refractivity contribution in [2.24, 2.45) is 5.73 Å². The Morgan fingerprint density at radius 1 is 0.328 bits per heavy atom. The fraction of sp³-hybridized carbons (Fsp3) is 0.941. The van der Waals surface area contributed by atoms with Crippen molar-refractivity contribution in [1.82, 2.24) is 31.1 Å². The molecule has 61 heavy (non-hydrogen) atoms. The van der Waals surface area contributed by atoms with Gasteiger partial charge in [-0.15, -0.1) is 0 Å². The molecule has 10 nitrogen and oxygen atoms in total. The number of rotatable bonds is 50. The summed E-state index contributed by atoms with van der Waals surface area (Å²) in [6.07, 6.45) is 39.9. The van der Waals surface area contributed by atoms with Crippen molar-refractivity contribution in [3.63, 3.8) is 0 Å². The van der Waals surface area contributed by atoms with Gasteiger partial charge < -0.3 is 36.8 Å². The number of nitrogens with zero attached hydrogens (tertiary/aromatic N) is 2. The number of unbranched alkanes of at least 4 members (excludes halogenated alkanes) is 27. The van der Waals surface area contributed by atoms with Crippen LogP contribution < -0.4 is 27.0 Å². The summed E-state index contributed by atoms with van der Waals surface area (Å²) in [6, 6.07) is 0. The van der Waals surface area contributed by atoms with Gasteiger partial charge >= 0.3 is 0 Å². The van der Waals surface area contributed by atoms with Gasteiger partial charge in [-0.3, -0.25) is 14.4 Å². The number of amides is 3. The number of hydrogen-bond acceptors (Lipinski definition) is 7. The number of nitrogens with one attached hydrogen (secondary N) is 4. The van der Waals surface area contributed by atoms with Crippen LogP contribution in [0, 0.1) is 0 Å². The molecule has 10 heteroatoms. The van der Waals surface area contributed by atoms with E-state index >= 15 is 0 Å². The SMILES string of the molecule is CCCCCCCCCCCCNC(=O)CCN(CCNCCN)CCN(CCC(=O)NCCCCCCCCCCCC)CCC(=O)NCCCCCCCCCCCC. The highest BCUT2D eigenvalue weighted by atomic mass is 16.2. The zero-order valence-electron chi connectivity index (χ0n) is 41.0. The molecule has 0 saturated carbocycles. The maximum absolute atomic E-state index is 12.9. The summed E-state index contributed by atoms with van der Waals surface area (Å²) in [6.45, 7) is 15.4. The van der Waals surface area contributed by atoms with Crippen molar-refractivity contribution < 1.29 is 14.4 Å². The van der Waals surface area contributed by atoms with E-state index in [0.717, 1.165) is 71.6 Å². The minimum Gasteiger partial charge on any atom is -0.356 e. The van der Waals surface area contributed by atoms with Crippen LogP contribution in [0.5, 0.6) is 0 Å². The third kappa shape index (κ3) is 46.1. The van der Waals surface area contributed by atoms with Crippen LogP contribution >= 0.6 is 0 Å². The molecule has 0 unspecified atom stereocenters. The van der Waals surface area contributed by atoms with Crippen LogP contribution in [-0.4, -0.2) is 106 Å². The predicted molar refractivity (Wildman–Crippen MR) is 263 cm³/mol. The van der Waals surface area contributed by atoms with E-state index in [1.807, 2.05) is 0 Å².